The molecule has 0 saturated heterocycles. The van der Waals surface area contributed by atoms with Gasteiger partial charge in [0.05, 0.1) is 30.4 Å². The van der Waals surface area contributed by atoms with E-state index < -0.39 is 24.7 Å². The number of halogens is 3. The van der Waals surface area contributed by atoms with E-state index in [1.54, 1.807) is 13.8 Å². The molecule has 1 aromatic rings. The molecule has 1 atom stereocenters. The zero-order valence-corrected chi connectivity index (χ0v) is 15.9. The first-order valence-electron chi connectivity index (χ1n) is 7.95. The molecule has 0 radical (unpaired) electrons. The minimum Gasteiger partial charge on any atom is -0.493 e. The highest BCUT2D eigenvalue weighted by Crippen LogP contribution is 2.41. The van der Waals surface area contributed by atoms with Crippen LogP contribution in [0.25, 0.3) is 0 Å². The third-order valence-corrected chi connectivity index (χ3v) is 4.32. The van der Waals surface area contributed by atoms with Crippen molar-refractivity contribution in [3.8, 4) is 11.5 Å². The Morgan fingerprint density at radius 1 is 1.41 bits per heavy atom. The Balaban J connectivity index is 2.58. The van der Waals surface area contributed by atoms with Gasteiger partial charge in [0.15, 0.2) is 11.5 Å². The van der Waals surface area contributed by atoms with Crippen LogP contribution < -0.4 is 14.8 Å². The van der Waals surface area contributed by atoms with Crippen molar-refractivity contribution in [1.82, 2.24) is 10.2 Å². The molecule has 1 aliphatic heterocycles. The summed E-state index contributed by atoms with van der Waals surface area (Å²) in [6, 6.07) is 1.34. The molecular formula is C17H19ClF2N2O5. The SMILES string of the molecule is CCOC(=O)C1=C(C)N(C)C(=O)N[C@H]1c1cc(Cl)c(OC(F)F)c(OC)c1. The lowest BCUT2D eigenvalue weighted by Gasteiger charge is -2.33. The van der Waals surface area contributed by atoms with Gasteiger partial charge in [0, 0.05) is 12.7 Å². The number of methoxy groups -OCH3 is 1. The normalized spacial score (nSPS) is 17.1. The van der Waals surface area contributed by atoms with Gasteiger partial charge in [-0.2, -0.15) is 8.78 Å². The van der Waals surface area contributed by atoms with Crippen LogP contribution >= 0.6 is 11.6 Å². The van der Waals surface area contributed by atoms with Crippen molar-refractivity contribution in [2.45, 2.75) is 26.5 Å². The van der Waals surface area contributed by atoms with Crippen molar-refractivity contribution >= 4 is 23.6 Å². The summed E-state index contributed by atoms with van der Waals surface area (Å²) >= 11 is 6.07. The second-order valence-corrected chi connectivity index (χ2v) is 5.98. The highest BCUT2D eigenvalue weighted by atomic mass is 35.5. The van der Waals surface area contributed by atoms with Gasteiger partial charge in [-0.15, -0.1) is 0 Å². The maximum absolute atomic E-state index is 12.6. The fraction of sp³-hybridized carbons (Fsp3) is 0.412. The first-order valence-corrected chi connectivity index (χ1v) is 8.33. The van der Waals surface area contributed by atoms with Crippen LogP contribution in [-0.2, 0) is 9.53 Å². The quantitative estimate of drug-likeness (QED) is 0.734. The smallest absolute Gasteiger partial charge is 0.387 e. The number of alkyl halides is 2. The average molecular weight is 405 g/mol. The molecule has 7 nitrogen and oxygen atoms in total. The van der Waals surface area contributed by atoms with Crippen molar-refractivity contribution < 1.29 is 32.6 Å². The molecule has 27 heavy (non-hydrogen) atoms. The van der Waals surface area contributed by atoms with E-state index in [9.17, 15) is 18.4 Å². The molecule has 1 heterocycles. The number of allylic oxidation sites excluding steroid dienone is 1. The summed E-state index contributed by atoms with van der Waals surface area (Å²) in [6.07, 6.45) is 0. The molecule has 0 aliphatic carbocycles. The number of carbonyl (C=O) groups excluding carboxylic acids is 2. The second kappa shape index (κ2) is 8.43. The monoisotopic (exact) mass is 404 g/mol. The fourth-order valence-corrected chi connectivity index (χ4v) is 2.93. The summed E-state index contributed by atoms with van der Waals surface area (Å²) < 4.78 is 39.8. The largest absolute Gasteiger partial charge is 0.493 e. The van der Waals surface area contributed by atoms with Crippen molar-refractivity contribution in [2.24, 2.45) is 0 Å². The van der Waals surface area contributed by atoms with E-state index >= 15 is 0 Å². The topological polar surface area (TPSA) is 77.1 Å². The van der Waals surface area contributed by atoms with Crippen molar-refractivity contribution in [1.29, 1.82) is 0 Å². The van der Waals surface area contributed by atoms with E-state index in [0.29, 0.717) is 11.3 Å². The number of nitrogens with one attached hydrogen (secondary N) is 1. The number of ether oxygens (including phenoxy) is 3. The Morgan fingerprint density at radius 2 is 2.07 bits per heavy atom. The van der Waals surface area contributed by atoms with Crippen LogP contribution in [0.1, 0.15) is 25.5 Å². The van der Waals surface area contributed by atoms with E-state index in [1.807, 2.05) is 0 Å². The Hall–Kier alpha value is -2.55. The van der Waals surface area contributed by atoms with Crippen molar-refractivity contribution in [2.75, 3.05) is 20.8 Å². The molecule has 2 rings (SSSR count). The highest BCUT2D eigenvalue weighted by molar-refractivity contribution is 6.32. The predicted molar refractivity (Wildman–Crippen MR) is 93.0 cm³/mol. The Labute approximate surface area is 159 Å². The molecule has 0 saturated carbocycles. The zero-order chi connectivity index (χ0) is 20.3. The first kappa shape index (κ1) is 20.8. The van der Waals surface area contributed by atoms with Gasteiger partial charge in [-0.3, -0.25) is 0 Å². The predicted octanol–water partition coefficient (Wildman–Crippen LogP) is 3.48. The van der Waals surface area contributed by atoms with E-state index in [4.69, 9.17) is 21.1 Å². The molecule has 1 N–H and O–H groups in total. The van der Waals surface area contributed by atoms with Gasteiger partial charge in [0.1, 0.15) is 0 Å². The number of hydrogen-bond donors (Lipinski definition) is 1. The van der Waals surface area contributed by atoms with Crippen LogP contribution in [0, 0.1) is 0 Å². The number of rotatable bonds is 6. The average Bonchev–Trinajstić information content (AvgIpc) is 2.60. The molecule has 2 amide bonds. The highest BCUT2D eigenvalue weighted by Gasteiger charge is 2.36. The third kappa shape index (κ3) is 4.24. The summed E-state index contributed by atoms with van der Waals surface area (Å²) in [5.74, 6) is -1.02. The maximum Gasteiger partial charge on any atom is 0.387 e. The van der Waals surface area contributed by atoms with Crippen LogP contribution in [0.5, 0.6) is 11.5 Å². The summed E-state index contributed by atoms with van der Waals surface area (Å²) in [5, 5.41) is 2.51. The molecule has 10 heteroatoms. The van der Waals surface area contributed by atoms with Gasteiger partial charge >= 0.3 is 18.6 Å². The summed E-state index contributed by atoms with van der Waals surface area (Å²) in [6.45, 7) is 0.309. The van der Waals surface area contributed by atoms with Gasteiger partial charge in [-0.05, 0) is 31.5 Å². The van der Waals surface area contributed by atoms with Crippen LogP contribution in [0.2, 0.25) is 5.02 Å². The Bertz CT molecular complexity index is 785. The standard InChI is InChI=1S/C17H19ClF2N2O5/c1-5-26-15(23)12-8(2)22(3)17(24)21-13(12)9-6-10(18)14(27-16(19)20)11(7-9)25-4/h6-7,13,16H,5H2,1-4H3,(H,21,24)/t13-/m0/s1. The molecule has 0 fully saturated rings. The lowest BCUT2D eigenvalue weighted by atomic mass is 9.94. The van der Waals surface area contributed by atoms with E-state index in [2.05, 4.69) is 10.1 Å². The van der Waals surface area contributed by atoms with Gasteiger partial charge in [-0.1, -0.05) is 11.6 Å². The molecule has 148 valence electrons. The number of esters is 1. The van der Waals surface area contributed by atoms with Gasteiger partial charge < -0.3 is 24.4 Å². The molecule has 0 bridgehead atoms. The fourth-order valence-electron chi connectivity index (χ4n) is 2.67. The van der Waals surface area contributed by atoms with Crippen LogP contribution in [0.4, 0.5) is 13.6 Å². The van der Waals surface area contributed by atoms with Gasteiger partial charge in [0.2, 0.25) is 0 Å². The number of carbonyl (C=O) groups is 2. The Morgan fingerprint density at radius 3 is 2.63 bits per heavy atom. The number of benzene rings is 1. The van der Waals surface area contributed by atoms with Gasteiger partial charge in [-0.25, -0.2) is 9.59 Å². The van der Waals surface area contributed by atoms with Crippen LogP contribution in [0.3, 0.4) is 0 Å². The zero-order valence-electron chi connectivity index (χ0n) is 15.1. The number of urea groups is 1. The number of amides is 2. The summed E-state index contributed by atoms with van der Waals surface area (Å²) in [7, 11) is 2.77. The lowest BCUT2D eigenvalue weighted by Crippen LogP contribution is -2.46. The van der Waals surface area contributed by atoms with Crippen LogP contribution in [0.15, 0.2) is 23.4 Å². The van der Waals surface area contributed by atoms with E-state index in [0.717, 1.165) is 0 Å². The minimum absolute atomic E-state index is 0.0631. The third-order valence-electron chi connectivity index (χ3n) is 4.04. The van der Waals surface area contributed by atoms with Crippen LogP contribution in [-0.4, -0.2) is 44.3 Å². The molecule has 0 spiro atoms. The van der Waals surface area contributed by atoms with Crippen molar-refractivity contribution in [3.05, 3.63) is 34.0 Å². The number of nitrogens with zero attached hydrogens (tertiary/aromatic N) is 1. The van der Waals surface area contributed by atoms with Gasteiger partial charge in [0.25, 0.3) is 0 Å². The molecule has 1 aliphatic rings. The molecule has 1 aromatic carbocycles. The van der Waals surface area contributed by atoms with E-state index in [1.165, 1.54) is 31.2 Å². The summed E-state index contributed by atoms with van der Waals surface area (Å²) in [5.41, 5.74) is 0.937. The molecular weight excluding hydrogens is 386 g/mol. The maximum atomic E-state index is 12.6. The molecule has 0 unspecified atom stereocenters. The Kier molecular flexibility index (Phi) is 6.48. The second-order valence-electron chi connectivity index (χ2n) is 5.57. The summed E-state index contributed by atoms with van der Waals surface area (Å²) in [4.78, 5) is 25.9. The number of hydrogen-bond acceptors (Lipinski definition) is 5. The van der Waals surface area contributed by atoms with Crippen molar-refractivity contribution in [3.63, 3.8) is 0 Å². The lowest BCUT2D eigenvalue weighted by molar-refractivity contribution is -0.139. The van der Waals surface area contributed by atoms with E-state index in [-0.39, 0.29) is 28.7 Å². The minimum atomic E-state index is -3.09. The molecule has 0 aromatic heterocycles. The first-order chi connectivity index (χ1) is 12.7.